The number of nitrogens with zero attached hydrogens (tertiary/aromatic N) is 2. The first-order valence-corrected chi connectivity index (χ1v) is 6.01. The average Bonchev–Trinajstić information content (AvgIpc) is 2.41. The van der Waals surface area contributed by atoms with Gasteiger partial charge in [0.05, 0.1) is 6.10 Å². The summed E-state index contributed by atoms with van der Waals surface area (Å²) in [6.07, 6.45) is 7.59. The Labute approximate surface area is 107 Å². The lowest BCUT2D eigenvalue weighted by molar-refractivity contribution is 0.177. The first-order chi connectivity index (χ1) is 8.72. The summed E-state index contributed by atoms with van der Waals surface area (Å²) in [6, 6.07) is 3.60. The van der Waals surface area contributed by atoms with E-state index in [0.29, 0.717) is 12.1 Å². The fraction of sp³-hybridized carbons (Fsp3) is 0.286. The molecule has 0 aliphatic carbocycles. The number of aromatic nitrogens is 2. The smallest absolute Gasteiger partial charge is 0.0835 e. The summed E-state index contributed by atoms with van der Waals surface area (Å²) in [4.78, 5) is 8.11. The summed E-state index contributed by atoms with van der Waals surface area (Å²) < 4.78 is 0. The molecule has 4 nitrogen and oxygen atoms in total. The number of hydrogen-bond acceptors (Lipinski definition) is 4. The highest BCUT2D eigenvalue weighted by atomic mass is 16.3. The zero-order valence-corrected chi connectivity index (χ0v) is 10.4. The van der Waals surface area contributed by atoms with Gasteiger partial charge in [-0.15, -0.1) is 0 Å². The first kappa shape index (κ1) is 12.5. The highest BCUT2D eigenvalue weighted by Gasteiger charge is 2.13. The van der Waals surface area contributed by atoms with Crippen LogP contribution in [0.15, 0.2) is 36.9 Å². The normalized spacial score (nSPS) is 12.3. The number of aliphatic hydroxyl groups is 1. The molecular formula is C14H17N3O. The largest absolute Gasteiger partial charge is 0.398 e. The van der Waals surface area contributed by atoms with E-state index in [9.17, 15) is 5.11 Å². The van der Waals surface area contributed by atoms with Gasteiger partial charge in [0.15, 0.2) is 0 Å². The van der Waals surface area contributed by atoms with Crippen LogP contribution in [0.25, 0.3) is 0 Å². The molecule has 0 amide bonds. The van der Waals surface area contributed by atoms with E-state index in [4.69, 9.17) is 5.73 Å². The highest BCUT2D eigenvalue weighted by molar-refractivity contribution is 5.45. The molecule has 0 spiro atoms. The van der Waals surface area contributed by atoms with E-state index < -0.39 is 6.10 Å². The highest BCUT2D eigenvalue weighted by Crippen LogP contribution is 2.23. The summed E-state index contributed by atoms with van der Waals surface area (Å²) in [6.45, 7) is 2.05. The molecule has 0 aliphatic heterocycles. The van der Waals surface area contributed by atoms with Crippen molar-refractivity contribution in [3.05, 3.63) is 53.6 Å². The molecule has 4 heteroatoms. The van der Waals surface area contributed by atoms with Gasteiger partial charge in [0.25, 0.3) is 0 Å². The fourth-order valence-corrected chi connectivity index (χ4v) is 1.99. The molecule has 1 atom stereocenters. The molecule has 2 aromatic rings. The van der Waals surface area contributed by atoms with Gasteiger partial charge in [-0.1, -0.05) is 6.92 Å². The summed E-state index contributed by atoms with van der Waals surface area (Å²) in [5.74, 6) is 0. The number of anilines is 1. The lowest BCUT2D eigenvalue weighted by atomic mass is 9.97. The van der Waals surface area contributed by atoms with Gasteiger partial charge in [-0.3, -0.25) is 9.97 Å². The van der Waals surface area contributed by atoms with Crippen molar-refractivity contribution in [1.29, 1.82) is 0 Å². The van der Waals surface area contributed by atoms with E-state index in [-0.39, 0.29) is 0 Å². The van der Waals surface area contributed by atoms with Crippen LogP contribution in [-0.4, -0.2) is 15.1 Å². The van der Waals surface area contributed by atoms with Crippen molar-refractivity contribution >= 4 is 5.69 Å². The van der Waals surface area contributed by atoms with Crippen molar-refractivity contribution in [2.45, 2.75) is 25.9 Å². The maximum Gasteiger partial charge on any atom is 0.0835 e. The third-order valence-electron chi connectivity index (χ3n) is 3.04. The predicted octanol–water partition coefficient (Wildman–Crippen LogP) is 1.90. The molecule has 0 aromatic carbocycles. The third kappa shape index (κ3) is 2.65. The minimum atomic E-state index is -0.575. The first-order valence-electron chi connectivity index (χ1n) is 6.01. The van der Waals surface area contributed by atoms with Crippen molar-refractivity contribution in [1.82, 2.24) is 9.97 Å². The van der Waals surface area contributed by atoms with E-state index in [2.05, 4.69) is 9.97 Å². The summed E-state index contributed by atoms with van der Waals surface area (Å²) in [7, 11) is 0. The minimum absolute atomic E-state index is 0.469. The Morgan fingerprint density at radius 2 is 1.83 bits per heavy atom. The van der Waals surface area contributed by atoms with Crippen LogP contribution in [-0.2, 0) is 12.8 Å². The molecular weight excluding hydrogens is 226 g/mol. The summed E-state index contributed by atoms with van der Waals surface area (Å²) in [5.41, 5.74) is 9.36. The Balaban J connectivity index is 2.22. The third-order valence-corrected chi connectivity index (χ3v) is 3.04. The van der Waals surface area contributed by atoms with Crippen LogP contribution < -0.4 is 5.73 Å². The van der Waals surface area contributed by atoms with Gasteiger partial charge < -0.3 is 10.8 Å². The van der Waals surface area contributed by atoms with Gasteiger partial charge in [0.2, 0.25) is 0 Å². The van der Waals surface area contributed by atoms with Crippen molar-refractivity contribution in [2.24, 2.45) is 0 Å². The summed E-state index contributed by atoms with van der Waals surface area (Å²) in [5, 5.41) is 10.3. The Morgan fingerprint density at radius 3 is 2.50 bits per heavy atom. The van der Waals surface area contributed by atoms with Crippen LogP contribution in [0.1, 0.15) is 29.7 Å². The van der Waals surface area contributed by atoms with E-state index in [1.807, 2.05) is 13.0 Å². The van der Waals surface area contributed by atoms with Crippen LogP contribution in [0.5, 0.6) is 0 Å². The quantitative estimate of drug-likeness (QED) is 0.860. The van der Waals surface area contributed by atoms with Gasteiger partial charge in [-0.25, -0.2) is 0 Å². The van der Waals surface area contributed by atoms with Crippen LogP contribution in [0.2, 0.25) is 0 Å². The lowest BCUT2D eigenvalue weighted by Crippen LogP contribution is -2.07. The minimum Gasteiger partial charge on any atom is -0.398 e. The maximum absolute atomic E-state index is 10.3. The molecule has 3 N–H and O–H groups in total. The molecule has 18 heavy (non-hydrogen) atoms. The number of nitrogens with two attached hydrogens (primary N) is 1. The Morgan fingerprint density at radius 1 is 1.17 bits per heavy atom. The molecule has 2 heterocycles. The second-order valence-corrected chi connectivity index (χ2v) is 4.22. The van der Waals surface area contributed by atoms with Crippen LogP contribution >= 0.6 is 0 Å². The monoisotopic (exact) mass is 243 g/mol. The standard InChI is InChI=1S/C14H17N3O/c1-2-10-8-16-5-3-12(10)14(18)7-11-9-17-6-4-13(11)15/h3-6,8-9,14,18H,2,7H2,1H3,(H2,15,17). The zero-order valence-electron chi connectivity index (χ0n) is 10.4. The molecule has 2 rings (SSSR count). The molecule has 94 valence electrons. The topological polar surface area (TPSA) is 72.0 Å². The van der Waals surface area contributed by atoms with Crippen molar-refractivity contribution < 1.29 is 5.11 Å². The van der Waals surface area contributed by atoms with Crippen LogP contribution in [0.3, 0.4) is 0 Å². The number of nitrogen functional groups attached to an aromatic ring is 1. The molecule has 0 saturated heterocycles. The predicted molar refractivity (Wildman–Crippen MR) is 70.9 cm³/mol. The molecule has 1 unspecified atom stereocenters. The second kappa shape index (κ2) is 5.60. The SMILES string of the molecule is CCc1cnccc1C(O)Cc1cnccc1N. The van der Waals surface area contributed by atoms with Gasteiger partial charge in [0.1, 0.15) is 0 Å². The van der Waals surface area contributed by atoms with Gasteiger partial charge in [-0.05, 0) is 35.2 Å². The van der Waals surface area contributed by atoms with Crippen molar-refractivity contribution in [2.75, 3.05) is 5.73 Å². The Bertz CT molecular complexity index is 528. The number of aryl methyl sites for hydroxylation is 1. The van der Waals surface area contributed by atoms with E-state index in [1.54, 1.807) is 30.9 Å². The average molecular weight is 243 g/mol. The Hall–Kier alpha value is -1.94. The second-order valence-electron chi connectivity index (χ2n) is 4.22. The fourth-order valence-electron chi connectivity index (χ4n) is 1.99. The summed E-state index contributed by atoms with van der Waals surface area (Å²) >= 11 is 0. The van der Waals surface area contributed by atoms with Gasteiger partial charge in [0, 0.05) is 36.9 Å². The molecule has 0 fully saturated rings. The Kier molecular flexibility index (Phi) is 3.89. The number of rotatable bonds is 4. The van der Waals surface area contributed by atoms with Gasteiger partial charge in [-0.2, -0.15) is 0 Å². The van der Waals surface area contributed by atoms with Gasteiger partial charge >= 0.3 is 0 Å². The molecule has 0 bridgehead atoms. The van der Waals surface area contributed by atoms with Crippen LogP contribution in [0, 0.1) is 0 Å². The van der Waals surface area contributed by atoms with Crippen molar-refractivity contribution in [3.8, 4) is 0 Å². The zero-order chi connectivity index (χ0) is 13.0. The number of pyridine rings is 2. The van der Waals surface area contributed by atoms with Crippen LogP contribution in [0.4, 0.5) is 5.69 Å². The number of hydrogen-bond donors (Lipinski definition) is 2. The van der Waals surface area contributed by atoms with Crippen molar-refractivity contribution in [3.63, 3.8) is 0 Å². The molecule has 0 aliphatic rings. The van der Waals surface area contributed by atoms with E-state index in [1.165, 1.54) is 0 Å². The number of aliphatic hydroxyl groups excluding tert-OH is 1. The lowest BCUT2D eigenvalue weighted by Gasteiger charge is -2.15. The molecule has 0 radical (unpaired) electrons. The van der Waals surface area contributed by atoms with E-state index in [0.717, 1.165) is 23.1 Å². The van der Waals surface area contributed by atoms with E-state index >= 15 is 0 Å². The molecule has 0 saturated carbocycles. The maximum atomic E-state index is 10.3. The molecule has 2 aromatic heterocycles.